The highest BCUT2D eigenvalue weighted by Gasteiger charge is 2.30. The van der Waals surface area contributed by atoms with Gasteiger partial charge in [0.15, 0.2) is 0 Å². The minimum Gasteiger partial charge on any atom is -0.487 e. The fourth-order valence-electron chi connectivity index (χ4n) is 7.25. The lowest BCUT2D eigenvalue weighted by atomic mass is 9.95. The van der Waals surface area contributed by atoms with Gasteiger partial charge >= 0.3 is 0 Å². The highest BCUT2D eigenvalue weighted by atomic mass is 35.5. The molecule has 1 N–H and O–H groups in total. The molecule has 2 aliphatic heterocycles. The first-order chi connectivity index (χ1) is 23.9. The second-order valence-electron chi connectivity index (χ2n) is 13.5. The number of ether oxygens (including phenoxy) is 1. The topological polar surface area (TPSA) is 91.6 Å². The van der Waals surface area contributed by atoms with E-state index in [2.05, 4.69) is 73.0 Å². The molecule has 1 amide bonds. The molecule has 254 valence electrons. The average Bonchev–Trinajstić information content (AvgIpc) is 3.72. The first kappa shape index (κ1) is 32.2. The van der Waals surface area contributed by atoms with Crippen molar-refractivity contribution in [1.82, 2.24) is 34.4 Å². The zero-order valence-corrected chi connectivity index (χ0v) is 29.6. The van der Waals surface area contributed by atoms with Crippen LogP contribution in [0.25, 0.3) is 20.7 Å². The molecule has 5 heterocycles. The van der Waals surface area contributed by atoms with Crippen molar-refractivity contribution in [3.8, 4) is 16.2 Å². The lowest BCUT2D eigenvalue weighted by molar-refractivity contribution is -0.134. The van der Waals surface area contributed by atoms with Crippen LogP contribution in [0.4, 0.5) is 11.5 Å². The largest absolute Gasteiger partial charge is 0.487 e. The number of piperidine rings is 1. The third-order valence-corrected chi connectivity index (χ3v) is 11.5. The number of aryl methyl sites for hydroxylation is 3. The third kappa shape index (κ3) is 6.77. The summed E-state index contributed by atoms with van der Waals surface area (Å²) in [6.45, 7) is 8.61. The average molecular weight is 697 g/mol. The van der Waals surface area contributed by atoms with E-state index in [-0.39, 0.29) is 5.91 Å². The quantitative estimate of drug-likeness (QED) is 0.201. The van der Waals surface area contributed by atoms with Crippen molar-refractivity contribution in [1.29, 1.82) is 0 Å². The van der Waals surface area contributed by atoms with Gasteiger partial charge in [0.25, 0.3) is 0 Å². The molecule has 5 aromatic rings. The Balaban J connectivity index is 0.950. The number of hydrogen-bond donors (Lipinski definition) is 1. The molecule has 0 spiro atoms. The maximum atomic E-state index is 13.1. The maximum absolute atomic E-state index is 13.1. The summed E-state index contributed by atoms with van der Waals surface area (Å²) >= 11 is 8.38. The summed E-state index contributed by atoms with van der Waals surface area (Å²) in [5.41, 5.74) is 6.75. The Morgan fingerprint density at radius 2 is 1.88 bits per heavy atom. The van der Waals surface area contributed by atoms with Crippen molar-refractivity contribution < 1.29 is 9.53 Å². The molecule has 0 bridgehead atoms. The Morgan fingerprint density at radius 1 is 1.04 bits per heavy atom. The van der Waals surface area contributed by atoms with Gasteiger partial charge in [-0.2, -0.15) is 5.10 Å². The molecular weight excluding hydrogens is 656 g/mol. The van der Waals surface area contributed by atoms with Gasteiger partial charge in [0.1, 0.15) is 29.3 Å². The highest BCUT2D eigenvalue weighted by molar-refractivity contribution is 7.22. The number of halogens is 1. The van der Waals surface area contributed by atoms with Gasteiger partial charge in [-0.3, -0.25) is 14.4 Å². The molecule has 2 fully saturated rings. The molecule has 49 heavy (non-hydrogen) atoms. The van der Waals surface area contributed by atoms with Crippen molar-refractivity contribution in [3.63, 3.8) is 0 Å². The number of likely N-dealkylation sites (N-methyl/N-ethyl adjacent to an activating group) is 1. The minimum absolute atomic E-state index is 0.257. The van der Waals surface area contributed by atoms with Crippen LogP contribution in [-0.4, -0.2) is 93.2 Å². The Kier molecular flexibility index (Phi) is 9.00. The van der Waals surface area contributed by atoms with E-state index in [1.165, 1.54) is 21.6 Å². The van der Waals surface area contributed by atoms with Gasteiger partial charge in [-0.05, 0) is 69.0 Å². The number of aromatic nitrogens is 4. The van der Waals surface area contributed by atoms with Crippen LogP contribution in [0.3, 0.4) is 0 Å². The number of thiophene rings is 1. The smallest absolute Gasteiger partial charge is 0.236 e. The predicted octanol–water partition coefficient (Wildman–Crippen LogP) is 6.35. The molecule has 3 aromatic heterocycles. The number of likely N-dealkylation sites (tertiary alicyclic amines) is 1. The fraction of sp³-hybridized carbons (Fsp3) is 0.405. The number of fused-ring (bicyclic) bond motifs is 5. The van der Waals surface area contributed by atoms with Gasteiger partial charge < -0.3 is 19.9 Å². The lowest BCUT2D eigenvalue weighted by Gasteiger charge is -2.36. The Labute approximate surface area is 295 Å². The van der Waals surface area contributed by atoms with Crippen molar-refractivity contribution in [2.75, 3.05) is 58.2 Å². The Morgan fingerprint density at radius 3 is 2.67 bits per heavy atom. The molecule has 0 radical (unpaired) electrons. The molecule has 2 aromatic carbocycles. The number of amides is 1. The molecular formula is C37H41ClN8O2S. The van der Waals surface area contributed by atoms with E-state index in [1.54, 1.807) is 17.7 Å². The number of hydrogen-bond acceptors (Lipinski definition) is 9. The van der Waals surface area contributed by atoms with Crippen LogP contribution in [0.5, 0.6) is 5.75 Å². The van der Waals surface area contributed by atoms with E-state index in [9.17, 15) is 4.79 Å². The van der Waals surface area contributed by atoms with Crippen LogP contribution in [-0.2, 0) is 24.2 Å². The first-order valence-electron chi connectivity index (χ1n) is 17.2. The van der Waals surface area contributed by atoms with Crippen LogP contribution in [0, 0.1) is 6.92 Å². The standard InChI is InChI=1S/C37H41ClN8O2S/c1-24-4-3-5-25(18-24)22-48-32-9-6-26(19-30(32)38)41-36-34-28-7-8-31-29(35(28)49-37(34)40-23-39-36)20-46(42-31)27-10-12-45(13-11-27)33(47)21-44-16-14-43(2)15-17-44/h3-6,9,18-20,23,27H,7-8,10-17,21-22H2,1-2H3,(H,39,40,41). The number of benzene rings is 2. The van der Waals surface area contributed by atoms with Gasteiger partial charge in [0.2, 0.25) is 5.91 Å². The molecule has 0 unspecified atom stereocenters. The van der Waals surface area contributed by atoms with Crippen molar-refractivity contribution >= 4 is 50.6 Å². The van der Waals surface area contributed by atoms with Crippen molar-refractivity contribution in [2.45, 2.75) is 45.3 Å². The van der Waals surface area contributed by atoms with Crippen molar-refractivity contribution in [2.24, 2.45) is 0 Å². The number of rotatable bonds is 8. The van der Waals surface area contributed by atoms with Gasteiger partial charge in [-0.15, -0.1) is 11.3 Å². The summed E-state index contributed by atoms with van der Waals surface area (Å²) in [5, 5.41) is 10.2. The molecule has 10 nitrogen and oxygen atoms in total. The molecule has 8 rings (SSSR count). The number of nitrogens with zero attached hydrogens (tertiary/aromatic N) is 7. The summed E-state index contributed by atoms with van der Waals surface area (Å²) in [7, 11) is 2.14. The summed E-state index contributed by atoms with van der Waals surface area (Å²) < 4.78 is 8.20. The lowest BCUT2D eigenvalue weighted by Crippen LogP contribution is -2.50. The van der Waals surface area contributed by atoms with Crippen LogP contribution >= 0.6 is 22.9 Å². The van der Waals surface area contributed by atoms with Gasteiger partial charge in [0.05, 0.1) is 28.7 Å². The Hall–Kier alpha value is -4.03. The first-order valence-corrected chi connectivity index (χ1v) is 18.4. The number of piperazine rings is 1. The van der Waals surface area contributed by atoms with E-state index >= 15 is 0 Å². The molecule has 12 heteroatoms. The normalized spacial score (nSPS) is 17.2. The van der Waals surface area contributed by atoms with E-state index in [4.69, 9.17) is 21.4 Å². The van der Waals surface area contributed by atoms with Crippen LogP contribution in [0.2, 0.25) is 5.02 Å². The van der Waals surface area contributed by atoms with Crippen molar-refractivity contribution in [3.05, 3.63) is 82.4 Å². The minimum atomic E-state index is 0.257. The van der Waals surface area contributed by atoms with Gasteiger partial charge in [0, 0.05) is 61.6 Å². The highest BCUT2D eigenvalue weighted by Crippen LogP contribution is 2.46. The second-order valence-corrected chi connectivity index (χ2v) is 14.9. The monoisotopic (exact) mass is 696 g/mol. The fourth-order valence-corrected chi connectivity index (χ4v) is 8.71. The number of carbonyl (C=O) groups is 1. The Bertz CT molecular complexity index is 1990. The number of nitrogens with one attached hydrogen (secondary N) is 1. The van der Waals surface area contributed by atoms with E-state index in [0.717, 1.165) is 97.9 Å². The van der Waals surface area contributed by atoms with Crippen LogP contribution in [0.1, 0.15) is 41.3 Å². The zero-order valence-electron chi connectivity index (χ0n) is 28.0. The van der Waals surface area contributed by atoms with Crippen LogP contribution < -0.4 is 10.1 Å². The third-order valence-electron chi connectivity index (χ3n) is 10.1. The van der Waals surface area contributed by atoms with Crippen LogP contribution in [0.15, 0.2) is 55.0 Å². The second kappa shape index (κ2) is 13.7. The zero-order chi connectivity index (χ0) is 33.5. The molecule has 1 aliphatic carbocycles. The van der Waals surface area contributed by atoms with Gasteiger partial charge in [-0.25, -0.2) is 9.97 Å². The van der Waals surface area contributed by atoms with E-state index in [1.807, 2.05) is 24.3 Å². The molecule has 3 aliphatic rings. The van der Waals surface area contributed by atoms with E-state index in [0.29, 0.717) is 30.0 Å². The molecule has 0 saturated carbocycles. The SMILES string of the molecule is Cc1cccc(COc2ccc(Nc3ncnc4sc5c(c34)CCc3nn(C4CCN(C(=O)CN6CCN(C)CC6)CC4)cc3-5)cc2Cl)c1. The molecule has 2 saturated heterocycles. The van der Waals surface area contributed by atoms with E-state index < -0.39 is 0 Å². The summed E-state index contributed by atoms with van der Waals surface area (Å²) in [6.07, 6.45) is 7.45. The number of carbonyl (C=O) groups excluding carboxylic acids is 1. The summed E-state index contributed by atoms with van der Waals surface area (Å²) in [6, 6.07) is 14.3. The van der Waals surface area contributed by atoms with Gasteiger partial charge in [-0.1, -0.05) is 41.4 Å². The summed E-state index contributed by atoms with van der Waals surface area (Å²) in [4.78, 5) is 31.2. The maximum Gasteiger partial charge on any atom is 0.236 e. The predicted molar refractivity (Wildman–Crippen MR) is 195 cm³/mol. The summed E-state index contributed by atoms with van der Waals surface area (Å²) in [5.74, 6) is 1.67. The molecule has 0 atom stereocenters. The number of anilines is 2.